The highest BCUT2D eigenvalue weighted by Crippen LogP contribution is 2.30. The highest BCUT2D eigenvalue weighted by Gasteiger charge is 2.33. The van der Waals surface area contributed by atoms with Gasteiger partial charge in [-0.05, 0) is 50.3 Å². The van der Waals surface area contributed by atoms with Gasteiger partial charge < -0.3 is 10.6 Å². The smallest absolute Gasteiger partial charge is 0.274 e. The summed E-state index contributed by atoms with van der Waals surface area (Å²) in [5.41, 5.74) is 8.58. The predicted molar refractivity (Wildman–Crippen MR) is 88.6 cm³/mol. The van der Waals surface area contributed by atoms with Crippen LogP contribution in [0.15, 0.2) is 24.3 Å². The molecule has 0 saturated carbocycles. The molecular formula is C18H21FN4O. The first kappa shape index (κ1) is 15.3. The fourth-order valence-corrected chi connectivity index (χ4v) is 3.79. The minimum absolute atomic E-state index is 0.0424. The summed E-state index contributed by atoms with van der Waals surface area (Å²) in [4.78, 5) is 14.8. The number of hydrogen-bond donors (Lipinski definition) is 1. The largest absolute Gasteiger partial charge is 0.337 e. The van der Waals surface area contributed by atoms with Gasteiger partial charge in [-0.2, -0.15) is 5.10 Å². The van der Waals surface area contributed by atoms with Gasteiger partial charge in [0.05, 0.1) is 0 Å². The lowest BCUT2D eigenvalue weighted by Crippen LogP contribution is -2.30. The van der Waals surface area contributed by atoms with Crippen LogP contribution in [0.5, 0.6) is 0 Å². The number of fused-ring (bicyclic) bond motifs is 1. The molecule has 1 aromatic carbocycles. The molecule has 2 aromatic rings. The number of rotatable bonds is 3. The molecule has 4 rings (SSSR count). The number of carbonyl (C=O) groups is 1. The average molecular weight is 328 g/mol. The first-order valence-electron chi connectivity index (χ1n) is 8.54. The summed E-state index contributed by atoms with van der Waals surface area (Å²) in [6, 6.07) is 6.57. The third-order valence-electron chi connectivity index (χ3n) is 5.12. The third kappa shape index (κ3) is 2.41. The Kier molecular flexibility index (Phi) is 3.84. The summed E-state index contributed by atoms with van der Waals surface area (Å²) in [5, 5.41) is 4.51. The quantitative estimate of drug-likeness (QED) is 0.936. The number of para-hydroxylation sites is 1. The van der Waals surface area contributed by atoms with Crippen molar-refractivity contribution in [3.8, 4) is 5.69 Å². The summed E-state index contributed by atoms with van der Waals surface area (Å²) in [6.07, 6.45) is 3.58. The molecule has 1 fully saturated rings. The van der Waals surface area contributed by atoms with Gasteiger partial charge in [0.15, 0.2) is 5.69 Å². The molecular weight excluding hydrogens is 307 g/mol. The standard InChI is InChI=1S/C18H21FN4O/c19-14-5-1-2-6-16(14)23-15-7-3-4-13(15)17(21-23)18(24)22-9-8-12(10-20)11-22/h1-2,5-6,12H,3-4,7-11,20H2. The number of aromatic nitrogens is 2. The van der Waals surface area contributed by atoms with Crippen LogP contribution in [-0.2, 0) is 12.8 Å². The van der Waals surface area contributed by atoms with Gasteiger partial charge in [-0.15, -0.1) is 0 Å². The van der Waals surface area contributed by atoms with Crippen molar-refractivity contribution in [3.63, 3.8) is 0 Å². The molecule has 1 unspecified atom stereocenters. The zero-order valence-electron chi connectivity index (χ0n) is 13.5. The van der Waals surface area contributed by atoms with Gasteiger partial charge in [0.2, 0.25) is 0 Å². The molecule has 1 amide bonds. The van der Waals surface area contributed by atoms with Crippen molar-refractivity contribution in [1.29, 1.82) is 0 Å². The number of likely N-dealkylation sites (tertiary alicyclic amines) is 1. The van der Waals surface area contributed by atoms with E-state index in [0.29, 0.717) is 30.4 Å². The summed E-state index contributed by atoms with van der Waals surface area (Å²) in [5.74, 6) is 0.00732. The Hall–Kier alpha value is -2.21. The molecule has 2 aliphatic rings. The first-order valence-corrected chi connectivity index (χ1v) is 8.54. The van der Waals surface area contributed by atoms with E-state index in [1.807, 2.05) is 4.90 Å². The van der Waals surface area contributed by atoms with Crippen molar-refractivity contribution in [2.75, 3.05) is 19.6 Å². The van der Waals surface area contributed by atoms with Crippen molar-refractivity contribution >= 4 is 5.91 Å². The van der Waals surface area contributed by atoms with Crippen LogP contribution in [0.1, 0.15) is 34.6 Å². The second-order valence-electron chi connectivity index (χ2n) is 6.63. The van der Waals surface area contributed by atoms with Crippen molar-refractivity contribution in [2.45, 2.75) is 25.7 Å². The van der Waals surface area contributed by atoms with Gasteiger partial charge in [0.1, 0.15) is 11.5 Å². The lowest BCUT2D eigenvalue weighted by atomic mass is 10.1. The van der Waals surface area contributed by atoms with Crippen LogP contribution >= 0.6 is 0 Å². The van der Waals surface area contributed by atoms with E-state index in [1.54, 1.807) is 22.9 Å². The fourth-order valence-electron chi connectivity index (χ4n) is 3.79. The first-order chi connectivity index (χ1) is 11.7. The summed E-state index contributed by atoms with van der Waals surface area (Å²) >= 11 is 0. The van der Waals surface area contributed by atoms with Crippen LogP contribution in [0.25, 0.3) is 5.69 Å². The van der Waals surface area contributed by atoms with E-state index in [1.165, 1.54) is 6.07 Å². The second-order valence-corrected chi connectivity index (χ2v) is 6.63. The number of nitrogens with two attached hydrogens (primary N) is 1. The molecule has 126 valence electrons. The van der Waals surface area contributed by atoms with Crippen LogP contribution in [0.3, 0.4) is 0 Å². The zero-order valence-corrected chi connectivity index (χ0v) is 13.5. The summed E-state index contributed by atoms with van der Waals surface area (Å²) < 4.78 is 15.8. The SMILES string of the molecule is NCC1CCN(C(=O)c2nn(-c3ccccc3F)c3c2CCC3)C1. The zero-order chi connectivity index (χ0) is 16.7. The molecule has 0 radical (unpaired) electrons. The van der Waals surface area contributed by atoms with Gasteiger partial charge >= 0.3 is 0 Å². The highest BCUT2D eigenvalue weighted by atomic mass is 19.1. The molecule has 5 nitrogen and oxygen atoms in total. The van der Waals surface area contributed by atoms with Crippen LogP contribution < -0.4 is 5.73 Å². The van der Waals surface area contributed by atoms with Crippen LogP contribution in [0.2, 0.25) is 0 Å². The number of halogens is 1. The number of amides is 1. The van der Waals surface area contributed by atoms with Crippen LogP contribution in [0, 0.1) is 11.7 Å². The lowest BCUT2D eigenvalue weighted by molar-refractivity contribution is 0.0780. The van der Waals surface area contributed by atoms with Gasteiger partial charge in [-0.1, -0.05) is 12.1 Å². The molecule has 1 atom stereocenters. The fraction of sp³-hybridized carbons (Fsp3) is 0.444. The van der Waals surface area contributed by atoms with Crippen molar-refractivity contribution in [1.82, 2.24) is 14.7 Å². The third-order valence-corrected chi connectivity index (χ3v) is 5.12. The van der Waals surface area contributed by atoms with Crippen LogP contribution in [-0.4, -0.2) is 40.2 Å². The number of carbonyl (C=O) groups excluding carboxylic acids is 1. The second kappa shape index (κ2) is 6.02. The Bertz CT molecular complexity index is 785. The molecule has 1 aromatic heterocycles. The van der Waals surface area contributed by atoms with E-state index in [2.05, 4.69) is 5.10 Å². The molecule has 0 bridgehead atoms. The predicted octanol–water partition coefficient (Wildman–Crippen LogP) is 1.92. The molecule has 0 spiro atoms. The van der Waals surface area contributed by atoms with Crippen molar-refractivity contribution < 1.29 is 9.18 Å². The summed E-state index contributed by atoms with van der Waals surface area (Å²) in [7, 11) is 0. The van der Waals surface area contributed by atoms with E-state index in [0.717, 1.165) is 43.5 Å². The minimum atomic E-state index is -0.321. The molecule has 1 saturated heterocycles. The number of nitrogens with zero attached hydrogens (tertiary/aromatic N) is 3. The number of hydrogen-bond acceptors (Lipinski definition) is 3. The molecule has 2 N–H and O–H groups in total. The molecule has 24 heavy (non-hydrogen) atoms. The van der Waals surface area contributed by atoms with E-state index < -0.39 is 0 Å². The Morgan fingerprint density at radius 3 is 2.92 bits per heavy atom. The van der Waals surface area contributed by atoms with E-state index >= 15 is 0 Å². The van der Waals surface area contributed by atoms with Gasteiger partial charge in [-0.3, -0.25) is 4.79 Å². The topological polar surface area (TPSA) is 64.2 Å². The maximum Gasteiger partial charge on any atom is 0.274 e. The van der Waals surface area contributed by atoms with E-state index in [9.17, 15) is 9.18 Å². The normalized spacial score (nSPS) is 19.8. The summed E-state index contributed by atoms with van der Waals surface area (Å²) in [6.45, 7) is 2.02. The Morgan fingerprint density at radius 2 is 2.17 bits per heavy atom. The van der Waals surface area contributed by atoms with E-state index in [-0.39, 0.29) is 11.7 Å². The maximum atomic E-state index is 14.2. The van der Waals surface area contributed by atoms with Gasteiger partial charge in [-0.25, -0.2) is 9.07 Å². The van der Waals surface area contributed by atoms with E-state index in [4.69, 9.17) is 5.73 Å². The monoisotopic (exact) mass is 328 g/mol. The number of benzene rings is 1. The molecule has 2 heterocycles. The Labute approximate surface area is 140 Å². The minimum Gasteiger partial charge on any atom is -0.337 e. The van der Waals surface area contributed by atoms with Crippen molar-refractivity contribution in [2.24, 2.45) is 11.7 Å². The Balaban J connectivity index is 1.72. The maximum absolute atomic E-state index is 14.2. The van der Waals surface area contributed by atoms with Gasteiger partial charge in [0.25, 0.3) is 5.91 Å². The average Bonchev–Trinajstić information content (AvgIpc) is 3.31. The van der Waals surface area contributed by atoms with Crippen molar-refractivity contribution in [3.05, 3.63) is 47.0 Å². The molecule has 1 aliphatic carbocycles. The lowest BCUT2D eigenvalue weighted by Gasteiger charge is -2.15. The Morgan fingerprint density at radius 1 is 1.33 bits per heavy atom. The molecule has 1 aliphatic heterocycles. The highest BCUT2D eigenvalue weighted by molar-refractivity contribution is 5.94. The molecule has 6 heteroatoms. The van der Waals surface area contributed by atoms with Gasteiger partial charge in [0, 0.05) is 24.3 Å². The van der Waals surface area contributed by atoms with Crippen LogP contribution in [0.4, 0.5) is 4.39 Å².